The molecule has 1 fully saturated rings. The Morgan fingerprint density at radius 3 is 2.71 bits per heavy atom. The monoisotopic (exact) mass is 196 g/mol. The summed E-state index contributed by atoms with van der Waals surface area (Å²) in [5.41, 5.74) is 0.231. The molecule has 0 atom stereocenters. The van der Waals surface area contributed by atoms with Crippen LogP contribution >= 0.6 is 0 Å². The molecular weight excluding hydrogens is 176 g/mol. The summed E-state index contributed by atoms with van der Waals surface area (Å²) in [4.78, 5) is 4.63. The molecule has 0 radical (unpaired) electrons. The van der Waals surface area contributed by atoms with E-state index < -0.39 is 0 Å². The molecule has 80 valence electrons. The lowest BCUT2D eigenvalue weighted by atomic mass is 9.85. The Labute approximate surface area is 85.9 Å². The fraction of sp³-hybridized carbons (Fsp3) is 0.909. The number of ether oxygens (including phenoxy) is 1. The Hall–Kier alpha value is -0.570. The van der Waals surface area contributed by atoms with Gasteiger partial charge in [-0.05, 0) is 19.3 Å². The summed E-state index contributed by atoms with van der Waals surface area (Å²) in [6.45, 7) is 2.91. The quantitative estimate of drug-likeness (QED) is 0.743. The number of hydrogen-bond acceptors (Lipinski definition) is 3. The van der Waals surface area contributed by atoms with Crippen molar-refractivity contribution in [1.82, 2.24) is 5.32 Å². The Kier molecular flexibility index (Phi) is 3.06. The first-order valence-electron chi connectivity index (χ1n) is 5.65. The van der Waals surface area contributed by atoms with Crippen LogP contribution in [0, 0.1) is 5.41 Å². The second kappa shape index (κ2) is 4.30. The van der Waals surface area contributed by atoms with Crippen LogP contribution in [-0.2, 0) is 4.74 Å². The van der Waals surface area contributed by atoms with Crippen molar-refractivity contribution in [2.45, 2.75) is 32.1 Å². The largest absolute Gasteiger partial charge is 0.384 e. The van der Waals surface area contributed by atoms with Crippen molar-refractivity contribution in [3.63, 3.8) is 0 Å². The zero-order valence-corrected chi connectivity index (χ0v) is 9.01. The molecule has 1 heterocycles. The summed E-state index contributed by atoms with van der Waals surface area (Å²) in [6, 6.07) is 0. The summed E-state index contributed by atoms with van der Waals surface area (Å²) < 4.78 is 5.36. The zero-order chi connectivity index (χ0) is 9.86. The minimum absolute atomic E-state index is 0.231. The predicted molar refractivity (Wildman–Crippen MR) is 57.7 cm³/mol. The van der Waals surface area contributed by atoms with E-state index in [0.29, 0.717) is 0 Å². The van der Waals surface area contributed by atoms with E-state index in [-0.39, 0.29) is 5.41 Å². The number of amidine groups is 1. The molecule has 1 N–H and O–H groups in total. The van der Waals surface area contributed by atoms with Crippen LogP contribution in [0.25, 0.3) is 0 Å². The van der Waals surface area contributed by atoms with Gasteiger partial charge in [0.15, 0.2) is 0 Å². The first kappa shape index (κ1) is 9.97. The van der Waals surface area contributed by atoms with Gasteiger partial charge < -0.3 is 10.1 Å². The molecule has 0 aromatic heterocycles. The average molecular weight is 196 g/mol. The van der Waals surface area contributed by atoms with E-state index in [1.807, 2.05) is 0 Å². The highest BCUT2D eigenvalue weighted by Crippen LogP contribution is 2.39. The lowest BCUT2D eigenvalue weighted by Gasteiger charge is -2.32. The molecule has 0 amide bonds. The summed E-state index contributed by atoms with van der Waals surface area (Å²) in [7, 11) is 1.80. The average Bonchev–Trinajstić information content (AvgIpc) is 2.70. The van der Waals surface area contributed by atoms with Crippen LogP contribution < -0.4 is 5.32 Å². The number of aliphatic imine (C=N–C) groups is 1. The smallest absolute Gasteiger partial charge is 0.105 e. The summed E-state index contributed by atoms with van der Waals surface area (Å²) in [5, 5.41) is 3.46. The molecule has 1 aliphatic carbocycles. The molecule has 0 aromatic carbocycles. The number of hydrogen-bond donors (Lipinski definition) is 1. The summed E-state index contributed by atoms with van der Waals surface area (Å²) in [6.07, 6.45) is 6.31. The van der Waals surface area contributed by atoms with E-state index >= 15 is 0 Å². The van der Waals surface area contributed by atoms with Crippen molar-refractivity contribution < 1.29 is 4.74 Å². The molecule has 3 heteroatoms. The highest BCUT2D eigenvalue weighted by atomic mass is 16.5. The van der Waals surface area contributed by atoms with Crippen LogP contribution in [0.1, 0.15) is 32.1 Å². The van der Waals surface area contributed by atoms with E-state index in [1.165, 1.54) is 37.9 Å². The van der Waals surface area contributed by atoms with Gasteiger partial charge in [-0.15, -0.1) is 0 Å². The Balaban J connectivity index is 2.12. The van der Waals surface area contributed by atoms with E-state index in [4.69, 9.17) is 4.74 Å². The molecule has 0 aromatic rings. The van der Waals surface area contributed by atoms with Crippen LogP contribution in [0.4, 0.5) is 0 Å². The Morgan fingerprint density at radius 2 is 2.14 bits per heavy atom. The van der Waals surface area contributed by atoms with E-state index in [1.54, 1.807) is 7.11 Å². The number of nitrogens with zero attached hydrogens (tertiary/aromatic N) is 1. The van der Waals surface area contributed by atoms with Gasteiger partial charge in [0.25, 0.3) is 0 Å². The van der Waals surface area contributed by atoms with Crippen molar-refractivity contribution in [3.8, 4) is 0 Å². The maximum absolute atomic E-state index is 5.36. The molecule has 14 heavy (non-hydrogen) atoms. The lowest BCUT2D eigenvalue weighted by molar-refractivity contribution is 0.124. The molecule has 0 saturated heterocycles. The number of nitrogens with one attached hydrogen (secondary N) is 1. The van der Waals surface area contributed by atoms with Gasteiger partial charge in [-0.2, -0.15) is 0 Å². The van der Waals surface area contributed by atoms with E-state index in [9.17, 15) is 0 Å². The summed E-state index contributed by atoms with van der Waals surface area (Å²) >= 11 is 0. The van der Waals surface area contributed by atoms with Gasteiger partial charge in [0, 0.05) is 20.2 Å². The van der Waals surface area contributed by atoms with Crippen LogP contribution in [0.2, 0.25) is 0 Å². The highest BCUT2D eigenvalue weighted by molar-refractivity contribution is 5.89. The minimum Gasteiger partial charge on any atom is -0.384 e. The van der Waals surface area contributed by atoms with Crippen molar-refractivity contribution >= 4 is 5.84 Å². The SMILES string of the molecule is COCC1(C2=NCCCN2)CCCC1. The molecule has 2 aliphatic rings. The minimum atomic E-state index is 0.231. The Morgan fingerprint density at radius 1 is 1.36 bits per heavy atom. The number of methoxy groups -OCH3 is 1. The van der Waals surface area contributed by atoms with Gasteiger partial charge in [-0.1, -0.05) is 12.8 Å². The van der Waals surface area contributed by atoms with Crippen LogP contribution in [0.3, 0.4) is 0 Å². The van der Waals surface area contributed by atoms with Crippen molar-refractivity contribution in [2.75, 3.05) is 26.8 Å². The molecule has 2 rings (SSSR count). The van der Waals surface area contributed by atoms with Crippen LogP contribution in [-0.4, -0.2) is 32.6 Å². The molecular formula is C11H20N2O. The predicted octanol–water partition coefficient (Wildman–Crippen LogP) is 1.58. The van der Waals surface area contributed by atoms with Gasteiger partial charge in [-0.3, -0.25) is 4.99 Å². The zero-order valence-electron chi connectivity index (χ0n) is 9.01. The normalized spacial score (nSPS) is 25.6. The van der Waals surface area contributed by atoms with Gasteiger partial charge in [0.05, 0.1) is 12.0 Å². The fourth-order valence-corrected chi connectivity index (χ4v) is 2.67. The molecule has 0 spiro atoms. The first-order chi connectivity index (χ1) is 6.87. The fourth-order valence-electron chi connectivity index (χ4n) is 2.67. The van der Waals surface area contributed by atoms with Gasteiger partial charge >= 0.3 is 0 Å². The van der Waals surface area contributed by atoms with Crippen LogP contribution in [0.15, 0.2) is 4.99 Å². The molecule has 0 bridgehead atoms. The van der Waals surface area contributed by atoms with Crippen molar-refractivity contribution in [2.24, 2.45) is 10.4 Å². The number of rotatable bonds is 3. The van der Waals surface area contributed by atoms with E-state index in [2.05, 4.69) is 10.3 Å². The lowest BCUT2D eigenvalue weighted by Crippen LogP contribution is -2.44. The van der Waals surface area contributed by atoms with Gasteiger partial charge in [0.1, 0.15) is 5.84 Å². The second-order valence-corrected chi connectivity index (χ2v) is 4.43. The topological polar surface area (TPSA) is 33.6 Å². The molecule has 1 aliphatic heterocycles. The third-order valence-electron chi connectivity index (χ3n) is 3.38. The van der Waals surface area contributed by atoms with Crippen molar-refractivity contribution in [3.05, 3.63) is 0 Å². The summed E-state index contributed by atoms with van der Waals surface area (Å²) in [5.74, 6) is 1.23. The van der Waals surface area contributed by atoms with Crippen molar-refractivity contribution in [1.29, 1.82) is 0 Å². The third-order valence-corrected chi connectivity index (χ3v) is 3.38. The maximum Gasteiger partial charge on any atom is 0.105 e. The molecule has 1 saturated carbocycles. The maximum atomic E-state index is 5.36. The first-order valence-corrected chi connectivity index (χ1v) is 5.65. The van der Waals surface area contributed by atoms with Gasteiger partial charge in [0.2, 0.25) is 0 Å². The standard InChI is InChI=1S/C11H20N2O/c1-14-9-11(5-2-3-6-11)10-12-7-4-8-13-10/h2-9H2,1H3,(H,12,13). The van der Waals surface area contributed by atoms with Crippen LogP contribution in [0.5, 0.6) is 0 Å². The molecule has 3 nitrogen and oxygen atoms in total. The third kappa shape index (κ3) is 1.78. The van der Waals surface area contributed by atoms with Gasteiger partial charge in [-0.25, -0.2) is 0 Å². The van der Waals surface area contributed by atoms with E-state index in [0.717, 1.165) is 19.7 Å². The Bertz CT molecular complexity index is 219. The highest BCUT2D eigenvalue weighted by Gasteiger charge is 2.39. The second-order valence-electron chi connectivity index (χ2n) is 4.43. The molecule has 0 unspecified atom stereocenters.